The lowest BCUT2D eigenvalue weighted by Crippen LogP contribution is -2.41. The Hall–Kier alpha value is -2.97. The molecule has 1 aromatic carbocycles. The fourth-order valence-corrected chi connectivity index (χ4v) is 1.31. The second-order valence-electron chi connectivity index (χ2n) is 4.33. The molecular formula is C12H14N4O5. The van der Waals surface area contributed by atoms with Crippen LogP contribution in [0.25, 0.3) is 0 Å². The van der Waals surface area contributed by atoms with Crippen LogP contribution in [0.15, 0.2) is 23.3 Å². The fraction of sp³-hybridized carbons (Fsp3) is 0.250. The average Bonchev–Trinajstić information content (AvgIpc) is 2.39. The van der Waals surface area contributed by atoms with Crippen molar-refractivity contribution in [2.24, 2.45) is 5.10 Å². The number of hydrogen-bond donors (Lipinski definition) is 3. The van der Waals surface area contributed by atoms with Gasteiger partial charge in [0.05, 0.1) is 11.1 Å². The van der Waals surface area contributed by atoms with Crippen LogP contribution in [-0.4, -0.2) is 34.1 Å². The lowest BCUT2D eigenvalue weighted by molar-refractivity contribution is -0.385. The standard InChI is InChI=1S/C12H14N4O5/c1-7(2)14-11(18)12(19)15-13-6-8-3-4-10(17)9(5-8)16(20)21/h3-7,17H,1-2H3,(H,14,18)(H,15,19)/b13-6-. The van der Waals surface area contributed by atoms with Gasteiger partial charge in [0.1, 0.15) is 0 Å². The quantitative estimate of drug-likeness (QED) is 0.317. The molecule has 9 nitrogen and oxygen atoms in total. The molecule has 1 rings (SSSR count). The summed E-state index contributed by atoms with van der Waals surface area (Å²) >= 11 is 0. The van der Waals surface area contributed by atoms with E-state index < -0.39 is 28.2 Å². The first-order valence-electron chi connectivity index (χ1n) is 5.92. The lowest BCUT2D eigenvalue weighted by atomic mass is 10.2. The molecular weight excluding hydrogens is 280 g/mol. The first-order valence-corrected chi connectivity index (χ1v) is 5.92. The van der Waals surface area contributed by atoms with E-state index in [4.69, 9.17) is 0 Å². The number of nitrogens with zero attached hydrogens (tertiary/aromatic N) is 2. The van der Waals surface area contributed by atoms with Gasteiger partial charge in [-0.05, 0) is 26.0 Å². The second kappa shape index (κ2) is 6.98. The largest absolute Gasteiger partial charge is 0.502 e. The van der Waals surface area contributed by atoms with Crippen LogP contribution >= 0.6 is 0 Å². The summed E-state index contributed by atoms with van der Waals surface area (Å²) in [6.07, 6.45) is 1.12. The fourth-order valence-electron chi connectivity index (χ4n) is 1.31. The number of aromatic hydroxyl groups is 1. The normalized spacial score (nSPS) is 10.6. The van der Waals surface area contributed by atoms with E-state index in [-0.39, 0.29) is 11.6 Å². The predicted molar refractivity (Wildman–Crippen MR) is 73.8 cm³/mol. The van der Waals surface area contributed by atoms with Gasteiger partial charge in [-0.2, -0.15) is 5.10 Å². The zero-order valence-corrected chi connectivity index (χ0v) is 11.4. The smallest absolute Gasteiger partial charge is 0.329 e. The van der Waals surface area contributed by atoms with Crippen LogP contribution in [0.2, 0.25) is 0 Å². The number of carbonyl (C=O) groups excluding carboxylic acids is 2. The van der Waals surface area contributed by atoms with Crippen LogP contribution < -0.4 is 10.7 Å². The third kappa shape index (κ3) is 4.90. The molecule has 3 N–H and O–H groups in total. The number of phenols is 1. The zero-order valence-electron chi connectivity index (χ0n) is 11.4. The molecule has 0 bridgehead atoms. The molecule has 0 spiro atoms. The molecule has 0 heterocycles. The number of nitrogens with one attached hydrogen (secondary N) is 2. The van der Waals surface area contributed by atoms with E-state index >= 15 is 0 Å². The molecule has 0 saturated carbocycles. The van der Waals surface area contributed by atoms with Gasteiger partial charge in [0, 0.05) is 17.7 Å². The minimum atomic E-state index is -0.951. The Kier molecular flexibility index (Phi) is 5.35. The Bertz CT molecular complexity index is 597. The molecule has 9 heteroatoms. The number of benzene rings is 1. The van der Waals surface area contributed by atoms with Crippen molar-refractivity contribution < 1.29 is 19.6 Å². The summed E-state index contributed by atoms with van der Waals surface area (Å²) in [5.74, 6) is -2.26. The molecule has 0 aliphatic heterocycles. The van der Waals surface area contributed by atoms with Crippen LogP contribution in [0.3, 0.4) is 0 Å². The molecule has 21 heavy (non-hydrogen) atoms. The van der Waals surface area contributed by atoms with Crippen LogP contribution in [0.1, 0.15) is 19.4 Å². The van der Waals surface area contributed by atoms with E-state index in [1.54, 1.807) is 13.8 Å². The maximum Gasteiger partial charge on any atom is 0.329 e. The number of nitro benzene ring substituents is 1. The van der Waals surface area contributed by atoms with Crippen molar-refractivity contribution in [1.82, 2.24) is 10.7 Å². The highest BCUT2D eigenvalue weighted by Gasteiger charge is 2.14. The summed E-state index contributed by atoms with van der Waals surface area (Å²) in [7, 11) is 0. The monoisotopic (exact) mass is 294 g/mol. The van der Waals surface area contributed by atoms with E-state index in [0.717, 1.165) is 18.3 Å². The topological polar surface area (TPSA) is 134 Å². The highest BCUT2D eigenvalue weighted by molar-refractivity contribution is 6.35. The molecule has 0 saturated heterocycles. The molecule has 0 aliphatic carbocycles. The number of rotatable bonds is 4. The molecule has 0 unspecified atom stereocenters. The van der Waals surface area contributed by atoms with E-state index in [2.05, 4.69) is 10.4 Å². The van der Waals surface area contributed by atoms with E-state index in [9.17, 15) is 24.8 Å². The van der Waals surface area contributed by atoms with Crippen molar-refractivity contribution in [2.45, 2.75) is 19.9 Å². The number of hydrogen-bond acceptors (Lipinski definition) is 6. The number of amides is 2. The zero-order chi connectivity index (χ0) is 16.0. The minimum Gasteiger partial charge on any atom is -0.502 e. The van der Waals surface area contributed by atoms with Gasteiger partial charge < -0.3 is 10.4 Å². The summed E-state index contributed by atoms with van der Waals surface area (Å²) < 4.78 is 0. The Morgan fingerprint density at radius 3 is 2.62 bits per heavy atom. The lowest BCUT2D eigenvalue weighted by Gasteiger charge is -2.05. The van der Waals surface area contributed by atoms with Gasteiger partial charge in [0.25, 0.3) is 0 Å². The van der Waals surface area contributed by atoms with E-state index in [1.807, 2.05) is 5.43 Å². The van der Waals surface area contributed by atoms with Crippen molar-refractivity contribution in [2.75, 3.05) is 0 Å². The van der Waals surface area contributed by atoms with Crippen LogP contribution in [0.4, 0.5) is 5.69 Å². The second-order valence-corrected chi connectivity index (χ2v) is 4.33. The Labute approximate surface area is 119 Å². The van der Waals surface area contributed by atoms with Crippen molar-refractivity contribution in [3.63, 3.8) is 0 Å². The maximum atomic E-state index is 11.3. The molecule has 0 aromatic heterocycles. The molecule has 1 aromatic rings. The van der Waals surface area contributed by atoms with Crippen molar-refractivity contribution in [3.8, 4) is 5.75 Å². The van der Waals surface area contributed by atoms with E-state index in [0.29, 0.717) is 0 Å². The van der Waals surface area contributed by atoms with Crippen molar-refractivity contribution in [3.05, 3.63) is 33.9 Å². The molecule has 0 radical (unpaired) electrons. The summed E-state index contributed by atoms with van der Waals surface area (Å²) in [6.45, 7) is 3.40. The third-order valence-corrected chi connectivity index (χ3v) is 2.20. The minimum absolute atomic E-state index is 0.188. The van der Waals surface area contributed by atoms with E-state index in [1.165, 1.54) is 6.07 Å². The van der Waals surface area contributed by atoms with Gasteiger partial charge in [0.15, 0.2) is 5.75 Å². The summed E-state index contributed by atoms with van der Waals surface area (Å²) in [5, 5.41) is 25.8. The van der Waals surface area contributed by atoms with Gasteiger partial charge in [0.2, 0.25) is 0 Å². The third-order valence-electron chi connectivity index (χ3n) is 2.20. The van der Waals surface area contributed by atoms with Gasteiger partial charge in [-0.3, -0.25) is 19.7 Å². The summed E-state index contributed by atoms with van der Waals surface area (Å²) in [4.78, 5) is 32.5. The van der Waals surface area contributed by atoms with Crippen LogP contribution in [0, 0.1) is 10.1 Å². The highest BCUT2D eigenvalue weighted by atomic mass is 16.6. The first kappa shape index (κ1) is 16.1. The number of hydrazone groups is 1. The van der Waals surface area contributed by atoms with Crippen LogP contribution in [0.5, 0.6) is 5.75 Å². The Morgan fingerprint density at radius 2 is 2.05 bits per heavy atom. The predicted octanol–water partition coefficient (Wildman–Crippen LogP) is 0.275. The number of nitro groups is 1. The first-order chi connectivity index (χ1) is 9.81. The van der Waals surface area contributed by atoms with Gasteiger partial charge in [-0.1, -0.05) is 0 Å². The summed E-state index contributed by atoms with van der Waals surface area (Å²) in [6, 6.07) is 3.39. The van der Waals surface area contributed by atoms with Gasteiger partial charge in [-0.15, -0.1) is 0 Å². The number of phenolic OH excluding ortho intramolecular Hbond substituents is 1. The summed E-state index contributed by atoms with van der Waals surface area (Å²) in [5.41, 5.74) is 1.78. The maximum absolute atomic E-state index is 11.3. The van der Waals surface area contributed by atoms with Crippen LogP contribution in [-0.2, 0) is 9.59 Å². The van der Waals surface area contributed by atoms with Gasteiger partial charge in [-0.25, -0.2) is 5.43 Å². The number of carbonyl (C=O) groups is 2. The van der Waals surface area contributed by atoms with Crippen molar-refractivity contribution in [1.29, 1.82) is 0 Å². The molecule has 112 valence electrons. The molecule has 2 amide bonds. The Balaban J connectivity index is 2.70. The molecule has 0 aliphatic rings. The molecule has 0 fully saturated rings. The average molecular weight is 294 g/mol. The Morgan fingerprint density at radius 1 is 1.38 bits per heavy atom. The SMILES string of the molecule is CC(C)NC(=O)C(=O)N/N=C\c1ccc(O)c([N+](=O)[O-])c1. The van der Waals surface area contributed by atoms with Gasteiger partial charge >= 0.3 is 17.5 Å². The highest BCUT2D eigenvalue weighted by Crippen LogP contribution is 2.25. The van der Waals surface area contributed by atoms with Crippen molar-refractivity contribution >= 4 is 23.7 Å². The molecule has 0 atom stereocenters.